The summed E-state index contributed by atoms with van der Waals surface area (Å²) in [5.41, 5.74) is -0.491. The number of hydrogen-bond acceptors (Lipinski definition) is 3. The van der Waals surface area contributed by atoms with Gasteiger partial charge in [-0.05, 0) is 0 Å². The molecule has 0 aromatic carbocycles. The van der Waals surface area contributed by atoms with Gasteiger partial charge in [0, 0.05) is 0 Å². The van der Waals surface area contributed by atoms with Crippen molar-refractivity contribution in [1.82, 2.24) is 4.98 Å². The lowest BCUT2D eigenvalue weighted by Gasteiger charge is -2.03. The van der Waals surface area contributed by atoms with Crippen molar-refractivity contribution in [3.05, 3.63) is 20.9 Å². The number of hydrogen-bond donors (Lipinski definition) is 2. The standard InChI is InChI=1S/C6H2Cl3NO3/c7-1-2(8)4(11)5(9)10-3(1)6(12)13/h11H,(H,12,13). The van der Waals surface area contributed by atoms with E-state index in [0.717, 1.165) is 0 Å². The molecule has 7 heteroatoms. The topological polar surface area (TPSA) is 70.4 Å². The fourth-order valence-electron chi connectivity index (χ4n) is 0.640. The first-order valence-corrected chi connectivity index (χ1v) is 4.05. The molecule has 1 rings (SSSR count). The van der Waals surface area contributed by atoms with E-state index in [-0.39, 0.29) is 10.0 Å². The van der Waals surface area contributed by atoms with Gasteiger partial charge in [-0.25, -0.2) is 9.78 Å². The second-order valence-electron chi connectivity index (χ2n) is 2.03. The number of aromatic nitrogens is 1. The molecule has 1 heterocycles. The third-order valence-corrected chi connectivity index (χ3v) is 2.31. The molecule has 0 atom stereocenters. The quantitative estimate of drug-likeness (QED) is 0.742. The number of nitrogens with zero attached hydrogens (tertiary/aromatic N) is 1. The van der Waals surface area contributed by atoms with Gasteiger partial charge in [-0.1, -0.05) is 34.8 Å². The van der Waals surface area contributed by atoms with Crippen molar-refractivity contribution in [2.45, 2.75) is 0 Å². The minimum atomic E-state index is -1.37. The molecule has 70 valence electrons. The van der Waals surface area contributed by atoms with Crippen LogP contribution in [0, 0.1) is 0 Å². The SMILES string of the molecule is O=C(O)c1nc(Cl)c(O)c(Cl)c1Cl. The molecule has 1 aromatic heterocycles. The Labute approximate surface area is 87.7 Å². The Morgan fingerprint density at radius 2 is 1.77 bits per heavy atom. The van der Waals surface area contributed by atoms with Crippen LogP contribution in [0.15, 0.2) is 0 Å². The number of carbonyl (C=O) groups is 1. The van der Waals surface area contributed by atoms with E-state index >= 15 is 0 Å². The summed E-state index contributed by atoms with van der Waals surface area (Å²) in [6, 6.07) is 0. The molecule has 0 unspecified atom stereocenters. The van der Waals surface area contributed by atoms with Crippen LogP contribution in [-0.2, 0) is 0 Å². The Balaban J connectivity index is 3.50. The van der Waals surface area contributed by atoms with Gasteiger partial charge in [0.25, 0.3) is 0 Å². The van der Waals surface area contributed by atoms with E-state index in [1.807, 2.05) is 0 Å². The highest BCUT2D eigenvalue weighted by Crippen LogP contribution is 2.37. The molecule has 0 fully saturated rings. The van der Waals surface area contributed by atoms with Crippen molar-refractivity contribution in [1.29, 1.82) is 0 Å². The Morgan fingerprint density at radius 1 is 1.23 bits per heavy atom. The molecule has 0 aliphatic carbocycles. The maximum absolute atomic E-state index is 10.5. The minimum Gasteiger partial charge on any atom is -0.504 e. The zero-order chi connectivity index (χ0) is 10.2. The number of aromatic hydroxyl groups is 1. The molecule has 4 nitrogen and oxygen atoms in total. The lowest BCUT2D eigenvalue weighted by atomic mass is 10.3. The van der Waals surface area contributed by atoms with Gasteiger partial charge in [0.15, 0.2) is 16.6 Å². The third-order valence-electron chi connectivity index (χ3n) is 1.22. The van der Waals surface area contributed by atoms with E-state index in [1.54, 1.807) is 0 Å². The van der Waals surface area contributed by atoms with Crippen LogP contribution in [-0.4, -0.2) is 21.2 Å². The zero-order valence-corrected chi connectivity index (χ0v) is 8.15. The number of rotatable bonds is 1. The molecule has 2 N–H and O–H groups in total. The van der Waals surface area contributed by atoms with E-state index < -0.39 is 22.6 Å². The zero-order valence-electron chi connectivity index (χ0n) is 5.88. The predicted molar refractivity (Wildman–Crippen MR) is 47.9 cm³/mol. The average molecular weight is 242 g/mol. The molecular weight excluding hydrogens is 240 g/mol. The highest BCUT2D eigenvalue weighted by atomic mass is 35.5. The van der Waals surface area contributed by atoms with Gasteiger partial charge in [0.2, 0.25) is 0 Å². The molecule has 0 aliphatic rings. The van der Waals surface area contributed by atoms with Gasteiger partial charge >= 0.3 is 5.97 Å². The largest absolute Gasteiger partial charge is 0.504 e. The minimum absolute atomic E-state index is 0.320. The van der Waals surface area contributed by atoms with E-state index in [4.69, 9.17) is 45.0 Å². The molecular formula is C6H2Cl3NO3. The summed E-state index contributed by atoms with van der Waals surface area (Å²) in [5, 5.41) is 16.6. The average Bonchev–Trinajstić information content (AvgIpc) is 2.07. The van der Waals surface area contributed by atoms with Crippen molar-refractivity contribution in [2.24, 2.45) is 0 Å². The monoisotopic (exact) mass is 241 g/mol. The Morgan fingerprint density at radius 3 is 2.23 bits per heavy atom. The van der Waals surface area contributed by atoms with Crippen LogP contribution < -0.4 is 0 Å². The van der Waals surface area contributed by atoms with Crippen LogP contribution >= 0.6 is 34.8 Å². The summed E-state index contributed by atoms with van der Waals surface area (Å²) in [4.78, 5) is 13.8. The van der Waals surface area contributed by atoms with Gasteiger partial charge in [-0.3, -0.25) is 0 Å². The first kappa shape index (κ1) is 10.4. The first-order valence-electron chi connectivity index (χ1n) is 2.92. The second-order valence-corrected chi connectivity index (χ2v) is 3.15. The Hall–Kier alpha value is -0.710. The first-order chi connectivity index (χ1) is 5.95. The number of carboxylic acids is 1. The Bertz CT molecular complexity index is 380. The van der Waals surface area contributed by atoms with E-state index in [2.05, 4.69) is 4.98 Å². The van der Waals surface area contributed by atoms with Crippen LogP contribution in [0.5, 0.6) is 5.75 Å². The molecule has 0 aliphatic heterocycles. The highest BCUT2D eigenvalue weighted by Gasteiger charge is 2.19. The highest BCUT2D eigenvalue weighted by molar-refractivity contribution is 6.45. The number of carboxylic acid groups (broad SMARTS) is 1. The van der Waals surface area contributed by atoms with Gasteiger partial charge in [-0.2, -0.15) is 0 Å². The number of aromatic carboxylic acids is 1. The normalized spacial score (nSPS) is 10.1. The maximum atomic E-state index is 10.5. The fraction of sp³-hybridized carbons (Fsp3) is 0. The lowest BCUT2D eigenvalue weighted by Crippen LogP contribution is -2.02. The molecule has 0 amide bonds. The van der Waals surface area contributed by atoms with Crippen LogP contribution in [0.25, 0.3) is 0 Å². The molecule has 1 aromatic rings. The van der Waals surface area contributed by atoms with Crippen LogP contribution in [0.2, 0.25) is 15.2 Å². The molecule has 0 spiro atoms. The van der Waals surface area contributed by atoms with Gasteiger partial charge in [0.1, 0.15) is 5.02 Å². The smallest absolute Gasteiger partial charge is 0.356 e. The lowest BCUT2D eigenvalue weighted by molar-refractivity contribution is 0.0690. The summed E-state index contributed by atoms with van der Waals surface area (Å²) in [6.07, 6.45) is 0. The summed E-state index contributed by atoms with van der Waals surface area (Å²) in [5.74, 6) is -1.90. The van der Waals surface area contributed by atoms with Gasteiger partial charge in [0.05, 0.1) is 5.02 Å². The van der Waals surface area contributed by atoms with E-state index in [0.29, 0.717) is 0 Å². The third kappa shape index (κ3) is 1.80. The molecule has 13 heavy (non-hydrogen) atoms. The van der Waals surface area contributed by atoms with Gasteiger partial charge < -0.3 is 10.2 Å². The molecule has 0 radical (unpaired) electrons. The number of pyridine rings is 1. The summed E-state index contributed by atoms with van der Waals surface area (Å²) < 4.78 is 0. The molecule has 0 bridgehead atoms. The van der Waals surface area contributed by atoms with E-state index in [9.17, 15) is 4.79 Å². The fourth-order valence-corrected chi connectivity index (χ4v) is 1.26. The van der Waals surface area contributed by atoms with Crippen molar-refractivity contribution in [2.75, 3.05) is 0 Å². The van der Waals surface area contributed by atoms with Crippen molar-refractivity contribution in [3.63, 3.8) is 0 Å². The van der Waals surface area contributed by atoms with Crippen molar-refractivity contribution < 1.29 is 15.0 Å². The predicted octanol–water partition coefficient (Wildman–Crippen LogP) is 2.45. The number of halogens is 3. The maximum Gasteiger partial charge on any atom is 0.356 e. The van der Waals surface area contributed by atoms with E-state index in [1.165, 1.54) is 0 Å². The van der Waals surface area contributed by atoms with Gasteiger partial charge in [-0.15, -0.1) is 0 Å². The Kier molecular flexibility index (Phi) is 2.85. The molecule has 0 saturated carbocycles. The van der Waals surface area contributed by atoms with Crippen LogP contribution in [0.1, 0.15) is 10.5 Å². The van der Waals surface area contributed by atoms with Crippen LogP contribution in [0.4, 0.5) is 0 Å². The van der Waals surface area contributed by atoms with Crippen molar-refractivity contribution >= 4 is 40.8 Å². The summed E-state index contributed by atoms with van der Waals surface area (Å²) in [6.45, 7) is 0. The summed E-state index contributed by atoms with van der Waals surface area (Å²) in [7, 11) is 0. The summed E-state index contributed by atoms with van der Waals surface area (Å²) >= 11 is 16.3. The van der Waals surface area contributed by atoms with Crippen molar-refractivity contribution in [3.8, 4) is 5.75 Å². The van der Waals surface area contributed by atoms with Crippen LogP contribution in [0.3, 0.4) is 0 Å². The molecule has 0 saturated heterocycles. The second kappa shape index (κ2) is 3.57.